The number of hydrogen-bond donors (Lipinski definition) is 2. The Hall–Kier alpha value is -2.89. The van der Waals surface area contributed by atoms with Crippen molar-refractivity contribution in [2.45, 2.75) is 44.8 Å². The molecule has 0 radical (unpaired) electrons. The first-order valence-electron chi connectivity index (χ1n) is 9.70. The Balaban J connectivity index is 1.63. The van der Waals surface area contributed by atoms with Crippen LogP contribution in [-0.4, -0.2) is 17.9 Å². The SMILES string of the molecule is CC1Oc2c(cccc2C(=O)NC(c2ccc(F)cc2)C2CCCC2)NC1=O. The van der Waals surface area contributed by atoms with Crippen LogP contribution in [0, 0.1) is 11.7 Å². The predicted molar refractivity (Wildman–Crippen MR) is 104 cm³/mol. The summed E-state index contributed by atoms with van der Waals surface area (Å²) in [6.07, 6.45) is 3.65. The second-order valence-electron chi connectivity index (χ2n) is 7.48. The highest BCUT2D eigenvalue weighted by Gasteiger charge is 2.31. The van der Waals surface area contributed by atoms with Gasteiger partial charge in [0.2, 0.25) is 0 Å². The minimum Gasteiger partial charge on any atom is -0.478 e. The summed E-state index contributed by atoms with van der Waals surface area (Å²) in [5, 5.41) is 5.90. The molecule has 2 atom stereocenters. The van der Waals surface area contributed by atoms with Gasteiger partial charge in [0.25, 0.3) is 11.8 Å². The largest absolute Gasteiger partial charge is 0.478 e. The number of halogens is 1. The molecule has 4 rings (SSSR count). The van der Waals surface area contributed by atoms with E-state index in [1.807, 2.05) is 0 Å². The van der Waals surface area contributed by atoms with Gasteiger partial charge in [0.15, 0.2) is 11.9 Å². The average Bonchev–Trinajstić information content (AvgIpc) is 3.22. The van der Waals surface area contributed by atoms with Crippen molar-refractivity contribution in [3.63, 3.8) is 0 Å². The molecule has 146 valence electrons. The lowest BCUT2D eigenvalue weighted by Crippen LogP contribution is -2.37. The lowest BCUT2D eigenvalue weighted by molar-refractivity contribution is -0.122. The molecular weight excluding hydrogens is 359 g/mol. The predicted octanol–water partition coefficient (Wildman–Crippen LogP) is 4.21. The van der Waals surface area contributed by atoms with Crippen LogP contribution in [0.25, 0.3) is 0 Å². The van der Waals surface area contributed by atoms with Crippen molar-refractivity contribution >= 4 is 17.5 Å². The normalized spacial score (nSPS) is 20.1. The molecule has 0 aromatic heterocycles. The van der Waals surface area contributed by atoms with Gasteiger partial charge in [-0.15, -0.1) is 0 Å². The van der Waals surface area contributed by atoms with Crippen LogP contribution in [0.2, 0.25) is 0 Å². The van der Waals surface area contributed by atoms with Gasteiger partial charge in [0.1, 0.15) is 5.82 Å². The molecule has 1 fully saturated rings. The zero-order valence-corrected chi connectivity index (χ0v) is 15.7. The summed E-state index contributed by atoms with van der Waals surface area (Å²) in [5.41, 5.74) is 1.78. The first-order valence-corrected chi connectivity index (χ1v) is 9.70. The summed E-state index contributed by atoms with van der Waals surface area (Å²) in [6.45, 7) is 1.65. The lowest BCUT2D eigenvalue weighted by atomic mass is 9.91. The molecule has 0 spiro atoms. The van der Waals surface area contributed by atoms with Gasteiger partial charge in [0.05, 0.1) is 17.3 Å². The molecule has 2 aromatic carbocycles. The monoisotopic (exact) mass is 382 g/mol. The molecule has 1 heterocycles. The van der Waals surface area contributed by atoms with Crippen molar-refractivity contribution in [2.24, 2.45) is 5.92 Å². The molecule has 1 aliphatic carbocycles. The van der Waals surface area contributed by atoms with Crippen LogP contribution >= 0.6 is 0 Å². The van der Waals surface area contributed by atoms with Gasteiger partial charge in [-0.25, -0.2) is 4.39 Å². The minimum absolute atomic E-state index is 0.193. The molecule has 2 aliphatic rings. The highest BCUT2D eigenvalue weighted by molar-refractivity contribution is 6.04. The second kappa shape index (κ2) is 7.62. The summed E-state index contributed by atoms with van der Waals surface area (Å²) in [7, 11) is 0. The van der Waals surface area contributed by atoms with Crippen molar-refractivity contribution in [2.75, 3.05) is 5.32 Å². The number of amides is 2. The number of carbonyl (C=O) groups excluding carboxylic acids is 2. The highest BCUT2D eigenvalue weighted by atomic mass is 19.1. The van der Waals surface area contributed by atoms with E-state index in [9.17, 15) is 14.0 Å². The van der Waals surface area contributed by atoms with E-state index < -0.39 is 6.10 Å². The quantitative estimate of drug-likeness (QED) is 0.833. The molecule has 1 aliphatic heterocycles. The van der Waals surface area contributed by atoms with E-state index in [1.165, 1.54) is 12.1 Å². The van der Waals surface area contributed by atoms with Crippen LogP contribution in [0.3, 0.4) is 0 Å². The molecule has 2 aromatic rings. The first kappa shape index (κ1) is 18.5. The van der Waals surface area contributed by atoms with Crippen molar-refractivity contribution in [3.05, 3.63) is 59.4 Å². The van der Waals surface area contributed by atoms with Crippen LogP contribution in [-0.2, 0) is 4.79 Å². The maximum absolute atomic E-state index is 13.4. The number of fused-ring (bicyclic) bond motifs is 1. The summed E-state index contributed by atoms with van der Waals surface area (Å²) in [6, 6.07) is 11.2. The molecule has 2 N–H and O–H groups in total. The van der Waals surface area contributed by atoms with Crippen molar-refractivity contribution in [3.8, 4) is 5.75 Å². The average molecular weight is 382 g/mol. The van der Waals surface area contributed by atoms with Crippen molar-refractivity contribution in [1.29, 1.82) is 0 Å². The van der Waals surface area contributed by atoms with Gasteiger partial charge < -0.3 is 15.4 Å². The fraction of sp³-hybridized carbons (Fsp3) is 0.364. The van der Waals surface area contributed by atoms with Gasteiger partial charge in [-0.2, -0.15) is 0 Å². The van der Waals surface area contributed by atoms with Gasteiger partial charge >= 0.3 is 0 Å². The van der Waals surface area contributed by atoms with E-state index in [4.69, 9.17) is 4.74 Å². The standard InChI is InChI=1S/C22H23FN2O3/c1-13-21(26)24-18-8-4-7-17(20(18)28-13)22(27)25-19(14-5-2-3-6-14)15-9-11-16(23)12-10-15/h4,7-14,19H,2-3,5-6H2,1H3,(H,24,26)(H,25,27). The summed E-state index contributed by atoms with van der Waals surface area (Å²) >= 11 is 0. The second-order valence-corrected chi connectivity index (χ2v) is 7.48. The Morgan fingerprint density at radius 3 is 2.61 bits per heavy atom. The zero-order valence-electron chi connectivity index (χ0n) is 15.7. The maximum atomic E-state index is 13.4. The third kappa shape index (κ3) is 3.59. The molecule has 2 amide bonds. The van der Waals surface area contributed by atoms with Gasteiger partial charge in [0, 0.05) is 0 Å². The zero-order chi connectivity index (χ0) is 19.7. The number of benzene rings is 2. The summed E-state index contributed by atoms with van der Waals surface area (Å²) in [5.74, 6) is -0.0954. The van der Waals surface area contributed by atoms with Gasteiger partial charge in [-0.05, 0) is 55.5 Å². The molecule has 5 nitrogen and oxygen atoms in total. The van der Waals surface area contributed by atoms with E-state index in [2.05, 4.69) is 10.6 Å². The first-order chi connectivity index (χ1) is 13.5. The summed E-state index contributed by atoms with van der Waals surface area (Å²) < 4.78 is 19.1. The van der Waals surface area contributed by atoms with Gasteiger partial charge in [-0.1, -0.05) is 31.0 Å². The summed E-state index contributed by atoms with van der Waals surface area (Å²) in [4.78, 5) is 25.0. The third-order valence-electron chi connectivity index (χ3n) is 5.57. The third-order valence-corrected chi connectivity index (χ3v) is 5.57. The number of hydrogen-bond acceptors (Lipinski definition) is 3. The van der Waals surface area contributed by atoms with Crippen LogP contribution in [0.1, 0.15) is 54.6 Å². The Labute approximate surface area is 163 Å². The number of anilines is 1. The van der Waals surface area contributed by atoms with Crippen molar-refractivity contribution in [1.82, 2.24) is 5.32 Å². The number of para-hydroxylation sites is 1. The maximum Gasteiger partial charge on any atom is 0.265 e. The molecule has 0 saturated heterocycles. The Bertz CT molecular complexity index is 891. The number of carbonyl (C=O) groups is 2. The number of nitrogens with one attached hydrogen (secondary N) is 2. The molecule has 0 bridgehead atoms. The highest BCUT2D eigenvalue weighted by Crippen LogP contribution is 2.37. The van der Waals surface area contributed by atoms with Crippen LogP contribution in [0.15, 0.2) is 42.5 Å². The smallest absolute Gasteiger partial charge is 0.265 e. The van der Waals surface area contributed by atoms with E-state index in [1.54, 1.807) is 37.3 Å². The topological polar surface area (TPSA) is 67.4 Å². The van der Waals surface area contributed by atoms with E-state index in [-0.39, 0.29) is 23.7 Å². The lowest BCUT2D eigenvalue weighted by Gasteiger charge is -2.28. The fourth-order valence-corrected chi connectivity index (χ4v) is 4.06. The van der Waals surface area contributed by atoms with Crippen LogP contribution < -0.4 is 15.4 Å². The minimum atomic E-state index is -0.663. The fourth-order valence-electron chi connectivity index (χ4n) is 4.06. The number of rotatable bonds is 4. The molecule has 2 unspecified atom stereocenters. The van der Waals surface area contributed by atoms with Gasteiger partial charge in [-0.3, -0.25) is 9.59 Å². The van der Waals surface area contributed by atoms with Crippen LogP contribution in [0.4, 0.5) is 10.1 Å². The molecule has 1 saturated carbocycles. The van der Waals surface area contributed by atoms with Crippen molar-refractivity contribution < 1.29 is 18.7 Å². The number of ether oxygens (including phenoxy) is 1. The van der Waals surface area contributed by atoms with E-state index in [0.29, 0.717) is 22.9 Å². The Morgan fingerprint density at radius 1 is 1.18 bits per heavy atom. The molecular formula is C22H23FN2O3. The van der Waals surface area contributed by atoms with E-state index >= 15 is 0 Å². The Kier molecular flexibility index (Phi) is 5.03. The Morgan fingerprint density at radius 2 is 1.89 bits per heavy atom. The van der Waals surface area contributed by atoms with E-state index in [0.717, 1.165) is 31.2 Å². The molecule has 6 heteroatoms. The van der Waals surface area contributed by atoms with Crippen LogP contribution in [0.5, 0.6) is 5.75 Å². The molecule has 28 heavy (non-hydrogen) atoms.